The molecule has 0 aliphatic heterocycles. The van der Waals surface area contributed by atoms with Crippen LogP contribution in [0.4, 0.5) is 5.69 Å². The van der Waals surface area contributed by atoms with Gasteiger partial charge in [-0.3, -0.25) is 0 Å². The first-order valence-corrected chi connectivity index (χ1v) is 9.98. The van der Waals surface area contributed by atoms with Crippen LogP contribution in [0.2, 0.25) is 0 Å². The largest absolute Gasteiger partial charge is 0.507 e. The van der Waals surface area contributed by atoms with Gasteiger partial charge in [0, 0.05) is 28.7 Å². The van der Waals surface area contributed by atoms with Gasteiger partial charge in [-0.05, 0) is 49.4 Å². The van der Waals surface area contributed by atoms with Crippen molar-refractivity contribution in [3.05, 3.63) is 83.9 Å². The molecule has 156 valence electrons. The van der Waals surface area contributed by atoms with E-state index in [1.807, 2.05) is 30.3 Å². The molecular weight excluding hydrogens is 392 g/mol. The van der Waals surface area contributed by atoms with Crippen molar-refractivity contribution < 1.29 is 19.7 Å². The number of aromatic nitrogens is 1. The molecular formula is C25H22N2O4. The molecule has 1 aromatic heterocycles. The van der Waals surface area contributed by atoms with E-state index in [9.17, 15) is 15.0 Å². The Morgan fingerprint density at radius 2 is 1.71 bits per heavy atom. The molecule has 0 fully saturated rings. The number of anilines is 1. The number of carbonyl (C=O) groups is 1. The number of hydrogen-bond acceptors (Lipinski definition) is 6. The third-order valence-corrected chi connectivity index (χ3v) is 4.98. The van der Waals surface area contributed by atoms with Crippen molar-refractivity contribution in [3.8, 4) is 22.8 Å². The summed E-state index contributed by atoms with van der Waals surface area (Å²) >= 11 is 0. The Hall–Kier alpha value is -4.06. The fraction of sp³-hybridized carbons (Fsp3) is 0.120. The van der Waals surface area contributed by atoms with E-state index in [-0.39, 0.29) is 17.5 Å². The fourth-order valence-electron chi connectivity index (χ4n) is 3.33. The van der Waals surface area contributed by atoms with Crippen LogP contribution in [0.15, 0.2) is 72.8 Å². The number of hydrogen-bond donors (Lipinski definition) is 3. The van der Waals surface area contributed by atoms with Crippen LogP contribution in [0, 0.1) is 0 Å². The number of carbonyl (C=O) groups excluding carboxylic acids is 1. The second-order valence-corrected chi connectivity index (χ2v) is 7.01. The van der Waals surface area contributed by atoms with E-state index in [4.69, 9.17) is 4.74 Å². The SMILES string of the molecule is CCOC(=O)c1ccc(NCc2ccc3ccc(-c4ccccc4O)nc3c2O)cc1. The highest BCUT2D eigenvalue weighted by Gasteiger charge is 2.12. The zero-order valence-corrected chi connectivity index (χ0v) is 17.0. The van der Waals surface area contributed by atoms with Crippen molar-refractivity contribution in [2.24, 2.45) is 0 Å². The number of ether oxygens (including phenoxy) is 1. The molecule has 6 nitrogen and oxygen atoms in total. The molecule has 0 radical (unpaired) electrons. The van der Waals surface area contributed by atoms with Crippen LogP contribution in [0.1, 0.15) is 22.8 Å². The summed E-state index contributed by atoms with van der Waals surface area (Å²) in [5.41, 5.74) is 3.64. The first-order valence-electron chi connectivity index (χ1n) is 9.98. The number of phenols is 2. The zero-order valence-electron chi connectivity index (χ0n) is 17.0. The predicted octanol–water partition coefficient (Wildman–Crippen LogP) is 5.10. The standard InChI is InChI=1S/C25H22N2O4/c1-2-31-25(30)17-9-12-19(13-10-17)26-15-18-8-7-16-11-14-21(27-23(16)24(18)29)20-5-3-4-6-22(20)28/h3-14,26,28-29H,2,15H2,1H3. The Kier molecular flexibility index (Phi) is 5.71. The monoisotopic (exact) mass is 414 g/mol. The summed E-state index contributed by atoms with van der Waals surface area (Å²) in [7, 11) is 0. The maximum Gasteiger partial charge on any atom is 0.338 e. The number of esters is 1. The summed E-state index contributed by atoms with van der Waals surface area (Å²) in [6.07, 6.45) is 0. The first kappa shape index (κ1) is 20.2. The topological polar surface area (TPSA) is 91.7 Å². The number of nitrogens with one attached hydrogen (secondary N) is 1. The van der Waals surface area contributed by atoms with Crippen LogP contribution < -0.4 is 5.32 Å². The van der Waals surface area contributed by atoms with Crippen LogP contribution in [0.5, 0.6) is 11.5 Å². The third kappa shape index (κ3) is 4.28. The molecule has 4 aromatic rings. The van der Waals surface area contributed by atoms with E-state index in [2.05, 4.69) is 10.3 Å². The number of para-hydroxylation sites is 1. The number of benzene rings is 3. The van der Waals surface area contributed by atoms with Gasteiger partial charge in [0.05, 0.1) is 17.9 Å². The van der Waals surface area contributed by atoms with E-state index in [1.165, 1.54) is 0 Å². The summed E-state index contributed by atoms with van der Waals surface area (Å²) < 4.78 is 4.99. The third-order valence-electron chi connectivity index (χ3n) is 4.98. The Morgan fingerprint density at radius 1 is 0.968 bits per heavy atom. The zero-order chi connectivity index (χ0) is 21.8. The Morgan fingerprint density at radius 3 is 2.45 bits per heavy atom. The molecule has 0 unspecified atom stereocenters. The van der Waals surface area contributed by atoms with Crippen molar-refractivity contribution in [2.75, 3.05) is 11.9 Å². The number of aromatic hydroxyl groups is 2. The predicted molar refractivity (Wildman–Crippen MR) is 120 cm³/mol. The molecule has 4 rings (SSSR count). The van der Waals surface area contributed by atoms with Crippen LogP contribution in [0.25, 0.3) is 22.2 Å². The minimum atomic E-state index is -0.354. The molecule has 31 heavy (non-hydrogen) atoms. The molecule has 0 saturated heterocycles. The van der Waals surface area contributed by atoms with Gasteiger partial charge in [0.2, 0.25) is 0 Å². The van der Waals surface area contributed by atoms with E-state index in [0.717, 1.165) is 11.1 Å². The lowest BCUT2D eigenvalue weighted by molar-refractivity contribution is 0.0526. The maximum atomic E-state index is 11.8. The van der Waals surface area contributed by atoms with E-state index < -0.39 is 0 Å². The normalized spacial score (nSPS) is 10.7. The number of pyridine rings is 1. The summed E-state index contributed by atoms with van der Waals surface area (Å²) in [5.74, 6) is -0.129. The number of rotatable bonds is 6. The van der Waals surface area contributed by atoms with E-state index >= 15 is 0 Å². The Bertz CT molecular complexity index is 1240. The molecule has 0 aliphatic carbocycles. The lowest BCUT2D eigenvalue weighted by atomic mass is 10.1. The van der Waals surface area contributed by atoms with Gasteiger partial charge in [0.1, 0.15) is 17.0 Å². The van der Waals surface area contributed by atoms with Crippen molar-refractivity contribution >= 4 is 22.6 Å². The summed E-state index contributed by atoms with van der Waals surface area (Å²) in [4.78, 5) is 16.3. The number of phenolic OH excluding ortho intramolecular Hbond substituents is 2. The van der Waals surface area contributed by atoms with Crippen LogP contribution in [-0.4, -0.2) is 27.8 Å². The van der Waals surface area contributed by atoms with Crippen LogP contribution in [0.3, 0.4) is 0 Å². The minimum Gasteiger partial charge on any atom is -0.507 e. The lowest BCUT2D eigenvalue weighted by Gasteiger charge is -2.12. The molecule has 0 saturated carbocycles. The molecule has 3 N–H and O–H groups in total. The number of fused-ring (bicyclic) bond motifs is 1. The van der Waals surface area contributed by atoms with Gasteiger partial charge in [0.15, 0.2) is 0 Å². The highest BCUT2D eigenvalue weighted by Crippen LogP contribution is 2.33. The highest BCUT2D eigenvalue weighted by molar-refractivity contribution is 5.90. The summed E-state index contributed by atoms with van der Waals surface area (Å²) in [6.45, 7) is 2.48. The van der Waals surface area contributed by atoms with Crippen LogP contribution in [-0.2, 0) is 11.3 Å². The van der Waals surface area contributed by atoms with E-state index in [1.54, 1.807) is 49.4 Å². The van der Waals surface area contributed by atoms with Crippen molar-refractivity contribution in [3.63, 3.8) is 0 Å². The molecule has 1 heterocycles. The van der Waals surface area contributed by atoms with Gasteiger partial charge >= 0.3 is 5.97 Å². The molecule has 0 aliphatic rings. The van der Waals surface area contributed by atoms with Gasteiger partial charge in [-0.2, -0.15) is 0 Å². The van der Waals surface area contributed by atoms with Gasteiger partial charge < -0.3 is 20.3 Å². The molecule has 0 atom stereocenters. The second kappa shape index (κ2) is 8.75. The summed E-state index contributed by atoms with van der Waals surface area (Å²) in [6, 6.07) is 21.4. The molecule has 0 bridgehead atoms. The highest BCUT2D eigenvalue weighted by atomic mass is 16.5. The maximum absolute atomic E-state index is 11.8. The molecule has 6 heteroatoms. The number of nitrogens with zero attached hydrogens (tertiary/aromatic N) is 1. The van der Waals surface area contributed by atoms with Gasteiger partial charge in [-0.15, -0.1) is 0 Å². The minimum absolute atomic E-state index is 0.0883. The van der Waals surface area contributed by atoms with E-state index in [0.29, 0.717) is 41.1 Å². The Balaban J connectivity index is 1.56. The van der Waals surface area contributed by atoms with Crippen molar-refractivity contribution in [1.82, 2.24) is 4.98 Å². The van der Waals surface area contributed by atoms with Gasteiger partial charge in [-0.1, -0.05) is 30.3 Å². The van der Waals surface area contributed by atoms with Crippen molar-refractivity contribution in [1.29, 1.82) is 0 Å². The van der Waals surface area contributed by atoms with Crippen LogP contribution >= 0.6 is 0 Å². The average molecular weight is 414 g/mol. The molecule has 0 amide bonds. The Labute approximate surface area is 179 Å². The first-order chi connectivity index (χ1) is 15.1. The quantitative estimate of drug-likeness (QED) is 0.380. The van der Waals surface area contributed by atoms with Gasteiger partial charge in [-0.25, -0.2) is 9.78 Å². The van der Waals surface area contributed by atoms with Gasteiger partial charge in [0.25, 0.3) is 0 Å². The smallest absolute Gasteiger partial charge is 0.338 e. The average Bonchev–Trinajstić information content (AvgIpc) is 2.79. The van der Waals surface area contributed by atoms with Crippen molar-refractivity contribution in [2.45, 2.75) is 13.5 Å². The molecule has 3 aromatic carbocycles. The summed E-state index contributed by atoms with van der Waals surface area (Å²) in [5, 5.41) is 25.0. The molecule has 0 spiro atoms. The second-order valence-electron chi connectivity index (χ2n) is 7.01. The fourth-order valence-corrected chi connectivity index (χ4v) is 3.33. The lowest BCUT2D eigenvalue weighted by Crippen LogP contribution is -2.05.